The van der Waals surface area contributed by atoms with Crippen molar-refractivity contribution in [2.45, 2.75) is 6.18 Å². The first kappa shape index (κ1) is 21.2. The number of allylic oxidation sites excluding steroid dienone is 1. The van der Waals surface area contributed by atoms with Crippen LogP contribution in [0.2, 0.25) is 0 Å². The lowest BCUT2D eigenvalue weighted by molar-refractivity contribution is -0.137. The van der Waals surface area contributed by atoms with E-state index in [2.05, 4.69) is 10.3 Å². The number of nitrogens with one attached hydrogen (secondary N) is 1. The van der Waals surface area contributed by atoms with Crippen molar-refractivity contribution in [2.24, 2.45) is 0 Å². The molecule has 0 spiro atoms. The van der Waals surface area contributed by atoms with Gasteiger partial charge in [0.25, 0.3) is 0 Å². The molecule has 1 aromatic heterocycles. The molecule has 1 N–H and O–H groups in total. The second kappa shape index (κ2) is 8.88. The summed E-state index contributed by atoms with van der Waals surface area (Å²) < 4.78 is 49.0. The number of nitriles is 1. The Balaban J connectivity index is 1.84. The molecular weight excluding hydrogens is 415 g/mol. The van der Waals surface area contributed by atoms with E-state index in [-0.39, 0.29) is 11.3 Å². The maximum absolute atomic E-state index is 12.8. The largest absolute Gasteiger partial charge is 0.493 e. The number of methoxy groups -OCH3 is 2. The van der Waals surface area contributed by atoms with Crippen molar-refractivity contribution in [1.29, 1.82) is 5.26 Å². The minimum absolute atomic E-state index is 0.198. The summed E-state index contributed by atoms with van der Waals surface area (Å²) in [6.07, 6.45) is -3.10. The van der Waals surface area contributed by atoms with Gasteiger partial charge in [0.1, 0.15) is 16.6 Å². The summed E-state index contributed by atoms with van der Waals surface area (Å²) >= 11 is 1.25. The van der Waals surface area contributed by atoms with E-state index in [0.717, 1.165) is 17.7 Å². The second-order valence-electron chi connectivity index (χ2n) is 6.00. The van der Waals surface area contributed by atoms with Crippen LogP contribution in [0.4, 0.5) is 18.9 Å². The van der Waals surface area contributed by atoms with Gasteiger partial charge >= 0.3 is 6.18 Å². The molecule has 3 rings (SSSR count). The molecule has 30 heavy (non-hydrogen) atoms. The minimum Gasteiger partial charge on any atom is -0.493 e. The summed E-state index contributed by atoms with van der Waals surface area (Å²) in [5.74, 6) is 1.13. The molecule has 9 heteroatoms. The molecule has 0 aliphatic rings. The van der Waals surface area contributed by atoms with Crippen LogP contribution < -0.4 is 14.8 Å². The van der Waals surface area contributed by atoms with Gasteiger partial charge in [0, 0.05) is 22.8 Å². The zero-order valence-electron chi connectivity index (χ0n) is 15.9. The Kier molecular flexibility index (Phi) is 6.28. The number of hydrogen-bond donors (Lipinski definition) is 1. The molecule has 0 fully saturated rings. The van der Waals surface area contributed by atoms with E-state index in [1.165, 1.54) is 36.8 Å². The number of nitrogens with zero attached hydrogens (tertiary/aromatic N) is 2. The van der Waals surface area contributed by atoms with Crippen molar-refractivity contribution >= 4 is 22.6 Å². The zero-order valence-corrected chi connectivity index (χ0v) is 16.8. The maximum Gasteiger partial charge on any atom is 0.416 e. The highest BCUT2D eigenvalue weighted by Gasteiger charge is 2.30. The fourth-order valence-electron chi connectivity index (χ4n) is 2.61. The van der Waals surface area contributed by atoms with Crippen LogP contribution in [0.3, 0.4) is 0 Å². The van der Waals surface area contributed by atoms with Crippen molar-refractivity contribution in [3.63, 3.8) is 0 Å². The smallest absolute Gasteiger partial charge is 0.416 e. The van der Waals surface area contributed by atoms with Crippen LogP contribution in [-0.2, 0) is 6.18 Å². The Labute approximate surface area is 175 Å². The molecule has 5 nitrogen and oxygen atoms in total. The maximum atomic E-state index is 12.8. The van der Waals surface area contributed by atoms with E-state index < -0.39 is 11.7 Å². The van der Waals surface area contributed by atoms with Crippen molar-refractivity contribution in [2.75, 3.05) is 19.5 Å². The van der Waals surface area contributed by atoms with Crippen molar-refractivity contribution in [1.82, 2.24) is 4.98 Å². The van der Waals surface area contributed by atoms with Gasteiger partial charge in [-0.05, 0) is 36.4 Å². The molecule has 3 aromatic rings. The van der Waals surface area contributed by atoms with Crippen LogP contribution in [0.5, 0.6) is 11.5 Å². The number of alkyl halides is 3. The van der Waals surface area contributed by atoms with E-state index in [4.69, 9.17) is 9.47 Å². The van der Waals surface area contributed by atoms with Crippen LogP contribution in [0.25, 0.3) is 16.8 Å². The van der Waals surface area contributed by atoms with E-state index >= 15 is 0 Å². The van der Waals surface area contributed by atoms with Gasteiger partial charge < -0.3 is 14.8 Å². The fourth-order valence-corrected chi connectivity index (χ4v) is 3.40. The minimum atomic E-state index is -4.44. The topological polar surface area (TPSA) is 67.2 Å². The summed E-state index contributed by atoms with van der Waals surface area (Å²) in [6, 6.07) is 12.1. The summed E-state index contributed by atoms with van der Waals surface area (Å²) in [5, 5.41) is 14.4. The molecule has 1 heterocycles. The first-order valence-corrected chi connectivity index (χ1v) is 9.46. The summed E-state index contributed by atoms with van der Waals surface area (Å²) in [7, 11) is 3.07. The Morgan fingerprint density at radius 1 is 1.13 bits per heavy atom. The third-order valence-corrected chi connectivity index (χ3v) is 4.98. The van der Waals surface area contributed by atoms with Crippen LogP contribution in [0, 0.1) is 11.3 Å². The van der Waals surface area contributed by atoms with Gasteiger partial charge in [0.15, 0.2) is 11.5 Å². The monoisotopic (exact) mass is 431 g/mol. The molecule has 0 bridgehead atoms. The third-order valence-electron chi connectivity index (χ3n) is 4.11. The number of benzene rings is 2. The van der Waals surface area contributed by atoms with Crippen LogP contribution in [0.1, 0.15) is 10.6 Å². The second-order valence-corrected chi connectivity index (χ2v) is 6.86. The van der Waals surface area contributed by atoms with Gasteiger partial charge in [-0.15, -0.1) is 11.3 Å². The predicted molar refractivity (Wildman–Crippen MR) is 109 cm³/mol. The standard InChI is InChI=1S/C21H16F3N3O2S/c1-28-18-7-6-13(8-19(18)29-2)17-12-30-20(27-17)14(10-25)11-26-16-5-3-4-15(9-16)21(22,23)24/h3-9,11-12,26H,1-2H3/b14-11+. The lowest BCUT2D eigenvalue weighted by atomic mass is 10.1. The van der Waals surface area contributed by atoms with E-state index in [1.807, 2.05) is 12.1 Å². The molecule has 0 aliphatic heterocycles. The highest BCUT2D eigenvalue weighted by Crippen LogP contribution is 2.34. The van der Waals surface area contributed by atoms with Crippen LogP contribution >= 0.6 is 11.3 Å². The van der Waals surface area contributed by atoms with Crippen molar-refractivity contribution in [3.8, 4) is 28.8 Å². The Hall–Kier alpha value is -3.51. The number of ether oxygens (including phenoxy) is 2. The van der Waals surface area contributed by atoms with Crippen LogP contribution in [-0.4, -0.2) is 19.2 Å². The first-order chi connectivity index (χ1) is 14.4. The summed E-state index contributed by atoms with van der Waals surface area (Å²) in [5.41, 5.74) is 1.05. The third kappa shape index (κ3) is 4.72. The van der Waals surface area contributed by atoms with Crippen molar-refractivity contribution in [3.05, 3.63) is 64.6 Å². The fraction of sp³-hybridized carbons (Fsp3) is 0.143. The molecule has 0 saturated heterocycles. The van der Waals surface area contributed by atoms with E-state index in [0.29, 0.717) is 22.2 Å². The lowest BCUT2D eigenvalue weighted by Gasteiger charge is -2.08. The lowest BCUT2D eigenvalue weighted by Crippen LogP contribution is -2.05. The Morgan fingerprint density at radius 2 is 1.90 bits per heavy atom. The van der Waals surface area contributed by atoms with Gasteiger partial charge in [-0.25, -0.2) is 4.98 Å². The quantitative estimate of drug-likeness (QED) is 0.498. The normalized spacial score (nSPS) is 11.7. The first-order valence-electron chi connectivity index (χ1n) is 8.58. The molecule has 0 unspecified atom stereocenters. The summed E-state index contributed by atoms with van der Waals surface area (Å²) in [6.45, 7) is 0. The zero-order chi connectivity index (χ0) is 21.7. The van der Waals surface area contributed by atoms with Gasteiger partial charge in [-0.3, -0.25) is 0 Å². The van der Waals surface area contributed by atoms with Crippen LogP contribution in [0.15, 0.2) is 54.0 Å². The highest BCUT2D eigenvalue weighted by atomic mass is 32.1. The molecular formula is C21H16F3N3O2S. The summed E-state index contributed by atoms with van der Waals surface area (Å²) in [4.78, 5) is 4.46. The Morgan fingerprint density at radius 3 is 2.57 bits per heavy atom. The molecule has 0 radical (unpaired) electrons. The van der Waals surface area contributed by atoms with E-state index in [1.54, 1.807) is 24.6 Å². The number of aromatic nitrogens is 1. The number of anilines is 1. The predicted octanol–water partition coefficient (Wildman–Crippen LogP) is 5.82. The molecule has 0 atom stereocenters. The number of rotatable bonds is 6. The average molecular weight is 431 g/mol. The molecule has 154 valence electrons. The molecule has 0 saturated carbocycles. The average Bonchev–Trinajstić information content (AvgIpc) is 3.23. The number of hydrogen-bond acceptors (Lipinski definition) is 6. The van der Waals surface area contributed by atoms with Gasteiger partial charge in [0.2, 0.25) is 0 Å². The van der Waals surface area contributed by atoms with E-state index in [9.17, 15) is 18.4 Å². The molecule has 0 amide bonds. The van der Waals surface area contributed by atoms with Gasteiger partial charge in [-0.1, -0.05) is 6.07 Å². The highest BCUT2D eigenvalue weighted by molar-refractivity contribution is 7.11. The van der Waals surface area contributed by atoms with Gasteiger partial charge in [-0.2, -0.15) is 18.4 Å². The Bertz CT molecular complexity index is 1120. The van der Waals surface area contributed by atoms with Gasteiger partial charge in [0.05, 0.1) is 25.5 Å². The molecule has 2 aromatic carbocycles. The van der Waals surface area contributed by atoms with Crippen molar-refractivity contribution < 1.29 is 22.6 Å². The number of halogens is 3. The number of thiazole rings is 1. The molecule has 0 aliphatic carbocycles. The SMILES string of the molecule is COc1ccc(-c2csc(/C(C#N)=C/Nc3cccc(C(F)(F)F)c3)n2)cc1OC.